The van der Waals surface area contributed by atoms with Crippen LogP contribution in [0.3, 0.4) is 0 Å². The summed E-state index contributed by atoms with van der Waals surface area (Å²) in [6.07, 6.45) is 0.143. The Hall–Kier alpha value is -1.79. The highest BCUT2D eigenvalue weighted by atomic mass is 16.5. The van der Waals surface area contributed by atoms with Gasteiger partial charge in [0.25, 0.3) is 0 Å². The van der Waals surface area contributed by atoms with E-state index >= 15 is 0 Å². The molecule has 1 atom stereocenters. The predicted molar refractivity (Wildman–Crippen MR) is 78.2 cm³/mol. The SMILES string of the molecule is CCN1CCOC(CNc2ccc(C(=O)O)c(N)c2)C1. The Balaban J connectivity index is 1.91. The van der Waals surface area contributed by atoms with Crippen molar-refractivity contribution in [2.45, 2.75) is 13.0 Å². The topological polar surface area (TPSA) is 87.8 Å². The van der Waals surface area contributed by atoms with Gasteiger partial charge in [0, 0.05) is 31.0 Å². The maximum Gasteiger partial charge on any atom is 0.337 e. The van der Waals surface area contributed by atoms with Gasteiger partial charge in [-0.15, -0.1) is 0 Å². The molecule has 1 unspecified atom stereocenters. The molecule has 1 aliphatic heterocycles. The van der Waals surface area contributed by atoms with Crippen molar-refractivity contribution in [1.82, 2.24) is 4.90 Å². The smallest absolute Gasteiger partial charge is 0.337 e. The first-order chi connectivity index (χ1) is 9.60. The van der Waals surface area contributed by atoms with Gasteiger partial charge in [0.15, 0.2) is 0 Å². The van der Waals surface area contributed by atoms with Crippen LogP contribution in [0.1, 0.15) is 17.3 Å². The molecule has 4 N–H and O–H groups in total. The predicted octanol–water partition coefficient (Wildman–Crippen LogP) is 1.10. The molecule has 0 amide bonds. The number of rotatable bonds is 5. The average Bonchev–Trinajstić information content (AvgIpc) is 2.45. The molecule has 0 spiro atoms. The van der Waals surface area contributed by atoms with Crippen molar-refractivity contribution in [3.63, 3.8) is 0 Å². The zero-order valence-electron chi connectivity index (χ0n) is 11.6. The molecule has 0 radical (unpaired) electrons. The van der Waals surface area contributed by atoms with E-state index in [1.54, 1.807) is 12.1 Å². The zero-order chi connectivity index (χ0) is 14.5. The number of carboxylic acids is 1. The third-order valence-electron chi connectivity index (χ3n) is 3.49. The number of nitrogens with one attached hydrogen (secondary N) is 1. The van der Waals surface area contributed by atoms with E-state index in [-0.39, 0.29) is 17.4 Å². The first-order valence-corrected chi connectivity index (χ1v) is 6.80. The number of carboxylic acid groups (broad SMARTS) is 1. The van der Waals surface area contributed by atoms with Crippen molar-refractivity contribution in [3.8, 4) is 0 Å². The second-order valence-corrected chi connectivity index (χ2v) is 4.87. The summed E-state index contributed by atoms with van der Waals surface area (Å²) in [5.74, 6) is -1.01. The molecule has 1 fully saturated rings. The summed E-state index contributed by atoms with van der Waals surface area (Å²) in [7, 11) is 0. The first kappa shape index (κ1) is 14.6. The van der Waals surface area contributed by atoms with Gasteiger partial charge in [0.1, 0.15) is 0 Å². The number of morpholine rings is 1. The molecule has 1 aromatic carbocycles. The Morgan fingerprint density at radius 1 is 1.60 bits per heavy atom. The third-order valence-corrected chi connectivity index (χ3v) is 3.49. The van der Waals surface area contributed by atoms with Crippen molar-refractivity contribution >= 4 is 17.3 Å². The van der Waals surface area contributed by atoms with Gasteiger partial charge in [-0.1, -0.05) is 6.92 Å². The van der Waals surface area contributed by atoms with E-state index < -0.39 is 5.97 Å². The Labute approximate surface area is 118 Å². The van der Waals surface area contributed by atoms with Crippen molar-refractivity contribution in [3.05, 3.63) is 23.8 Å². The Morgan fingerprint density at radius 3 is 3.05 bits per heavy atom. The fraction of sp³-hybridized carbons (Fsp3) is 0.500. The van der Waals surface area contributed by atoms with Crippen molar-refractivity contribution in [2.24, 2.45) is 0 Å². The summed E-state index contributed by atoms with van der Waals surface area (Å²) in [6, 6.07) is 4.88. The van der Waals surface area contributed by atoms with Gasteiger partial charge in [-0.25, -0.2) is 4.79 Å². The molecule has 0 aliphatic carbocycles. The number of hydrogen-bond donors (Lipinski definition) is 3. The number of nitrogen functional groups attached to an aromatic ring is 1. The minimum atomic E-state index is -1.01. The minimum Gasteiger partial charge on any atom is -0.478 e. The zero-order valence-corrected chi connectivity index (χ0v) is 11.6. The molecule has 1 aromatic rings. The summed E-state index contributed by atoms with van der Waals surface area (Å²) in [5, 5.41) is 12.2. The number of nitrogens with zero attached hydrogens (tertiary/aromatic N) is 1. The van der Waals surface area contributed by atoms with Gasteiger partial charge in [0.2, 0.25) is 0 Å². The number of aromatic carboxylic acids is 1. The van der Waals surface area contributed by atoms with Crippen molar-refractivity contribution in [1.29, 1.82) is 0 Å². The number of nitrogens with two attached hydrogens (primary N) is 1. The van der Waals surface area contributed by atoms with Gasteiger partial charge in [0.05, 0.1) is 18.3 Å². The first-order valence-electron chi connectivity index (χ1n) is 6.80. The van der Waals surface area contributed by atoms with Crippen LogP contribution in [0.5, 0.6) is 0 Å². The van der Waals surface area contributed by atoms with E-state index in [1.807, 2.05) is 0 Å². The summed E-state index contributed by atoms with van der Waals surface area (Å²) in [6.45, 7) is 6.49. The summed E-state index contributed by atoms with van der Waals surface area (Å²) in [4.78, 5) is 13.2. The van der Waals surface area contributed by atoms with Gasteiger partial charge in [-0.2, -0.15) is 0 Å². The molecule has 20 heavy (non-hydrogen) atoms. The van der Waals surface area contributed by atoms with Gasteiger partial charge >= 0.3 is 5.97 Å². The quantitative estimate of drug-likeness (QED) is 0.700. The fourth-order valence-corrected chi connectivity index (χ4v) is 2.29. The van der Waals surface area contributed by atoms with Crippen LogP contribution >= 0.6 is 0 Å². The van der Waals surface area contributed by atoms with Crippen molar-refractivity contribution in [2.75, 3.05) is 43.8 Å². The second-order valence-electron chi connectivity index (χ2n) is 4.87. The van der Waals surface area contributed by atoms with E-state index in [4.69, 9.17) is 15.6 Å². The van der Waals surface area contributed by atoms with Crippen LogP contribution in [0.25, 0.3) is 0 Å². The molecular formula is C14H21N3O3. The highest BCUT2D eigenvalue weighted by Crippen LogP contribution is 2.18. The molecule has 6 nitrogen and oxygen atoms in total. The largest absolute Gasteiger partial charge is 0.478 e. The normalized spacial score (nSPS) is 19.8. The Morgan fingerprint density at radius 2 is 2.40 bits per heavy atom. The van der Waals surface area contributed by atoms with E-state index in [1.165, 1.54) is 6.07 Å². The fourth-order valence-electron chi connectivity index (χ4n) is 2.29. The third kappa shape index (κ3) is 3.61. The number of hydrogen-bond acceptors (Lipinski definition) is 5. The summed E-state index contributed by atoms with van der Waals surface area (Å²) in [5.41, 5.74) is 6.92. The number of benzene rings is 1. The molecule has 110 valence electrons. The lowest BCUT2D eigenvalue weighted by Gasteiger charge is -2.32. The molecule has 1 aliphatic rings. The monoisotopic (exact) mass is 279 g/mol. The molecule has 6 heteroatoms. The standard InChI is InChI=1S/C14H21N3O3/c1-2-17-5-6-20-11(9-17)8-16-10-3-4-12(14(18)19)13(15)7-10/h3-4,7,11,16H,2,5-6,8-9,15H2,1H3,(H,18,19). The molecule has 0 saturated carbocycles. The highest BCUT2D eigenvalue weighted by Gasteiger charge is 2.19. The number of likely N-dealkylation sites (N-methyl/N-ethyl adjacent to an activating group) is 1. The van der Waals surface area contributed by atoms with Crippen LogP contribution in [-0.4, -0.2) is 54.9 Å². The van der Waals surface area contributed by atoms with Crippen LogP contribution in [0.4, 0.5) is 11.4 Å². The molecule has 1 saturated heterocycles. The molecule has 1 heterocycles. The minimum absolute atomic E-state index is 0.127. The maximum absolute atomic E-state index is 10.9. The van der Waals surface area contributed by atoms with Gasteiger partial charge in [-0.05, 0) is 24.7 Å². The number of carbonyl (C=O) groups is 1. The van der Waals surface area contributed by atoms with E-state index in [0.717, 1.165) is 31.9 Å². The number of ether oxygens (including phenoxy) is 1. The van der Waals surface area contributed by atoms with E-state index in [2.05, 4.69) is 17.1 Å². The van der Waals surface area contributed by atoms with Gasteiger partial charge in [-0.3, -0.25) is 4.90 Å². The Bertz CT molecular complexity index is 479. The van der Waals surface area contributed by atoms with Crippen molar-refractivity contribution < 1.29 is 14.6 Å². The average molecular weight is 279 g/mol. The van der Waals surface area contributed by atoms with E-state index in [0.29, 0.717) is 6.54 Å². The number of anilines is 2. The summed E-state index contributed by atoms with van der Waals surface area (Å²) >= 11 is 0. The second kappa shape index (κ2) is 6.58. The highest BCUT2D eigenvalue weighted by molar-refractivity contribution is 5.94. The van der Waals surface area contributed by atoms with Crippen LogP contribution in [0.2, 0.25) is 0 Å². The lowest BCUT2D eigenvalue weighted by molar-refractivity contribution is -0.0191. The molecule has 0 bridgehead atoms. The Kier molecular flexibility index (Phi) is 4.81. The summed E-state index contributed by atoms with van der Waals surface area (Å²) < 4.78 is 5.69. The molecule has 2 rings (SSSR count). The molecule has 0 aromatic heterocycles. The lowest BCUT2D eigenvalue weighted by atomic mass is 10.1. The lowest BCUT2D eigenvalue weighted by Crippen LogP contribution is -2.45. The van der Waals surface area contributed by atoms with Crippen LogP contribution in [0, 0.1) is 0 Å². The van der Waals surface area contributed by atoms with Crippen LogP contribution in [0.15, 0.2) is 18.2 Å². The van der Waals surface area contributed by atoms with Crippen LogP contribution in [-0.2, 0) is 4.74 Å². The van der Waals surface area contributed by atoms with E-state index in [9.17, 15) is 4.79 Å². The maximum atomic E-state index is 10.9. The molecular weight excluding hydrogens is 258 g/mol. The van der Waals surface area contributed by atoms with Crippen LogP contribution < -0.4 is 11.1 Å². The van der Waals surface area contributed by atoms with Gasteiger partial charge < -0.3 is 20.9 Å².